The molecule has 16 nitrogen and oxygen atoms in total. The van der Waals surface area contributed by atoms with Crippen molar-refractivity contribution >= 4 is 86.8 Å². The highest BCUT2D eigenvalue weighted by molar-refractivity contribution is 7.86. The molecule has 4 aromatic carbocycles. The van der Waals surface area contributed by atoms with Crippen LogP contribution in [0.3, 0.4) is 0 Å². The zero-order valence-corrected chi connectivity index (χ0v) is 43.1. The van der Waals surface area contributed by atoms with E-state index in [1.54, 1.807) is 128 Å². The highest BCUT2D eigenvalue weighted by atomic mass is 32.2. The van der Waals surface area contributed by atoms with Crippen LogP contribution in [0.2, 0.25) is 0 Å². The Balaban J connectivity index is 1.59. The molecule has 0 saturated heterocycles. The van der Waals surface area contributed by atoms with Gasteiger partial charge in [0.15, 0.2) is 0 Å². The lowest BCUT2D eigenvalue weighted by Crippen LogP contribution is -2.04. The van der Waals surface area contributed by atoms with Gasteiger partial charge in [0.2, 0.25) is 0 Å². The van der Waals surface area contributed by atoms with Crippen LogP contribution < -0.4 is 0 Å². The molecule has 6 N–H and O–H groups in total. The highest BCUT2D eigenvalue weighted by Crippen LogP contribution is 2.45. The fraction of sp³-hybridized carbons (Fsp3) is 0.154. The maximum Gasteiger partial charge on any atom is 0.294 e. The van der Waals surface area contributed by atoms with Gasteiger partial charge in [-0.3, -0.25) is 18.2 Å². The Labute approximate surface area is 415 Å². The average molecular weight is 1050 g/mol. The van der Waals surface area contributed by atoms with Crippen LogP contribution in [0.15, 0.2) is 92.4 Å². The number of aromatic nitrogens is 4. The molecular weight excluding hydrogens is 1000 g/mol. The van der Waals surface area contributed by atoms with Crippen LogP contribution in [-0.2, 0) is 40.5 Å². The molecule has 370 valence electrons. The first-order valence-corrected chi connectivity index (χ1v) is 27.8. The van der Waals surface area contributed by atoms with Crippen molar-refractivity contribution in [2.45, 2.75) is 75.0 Å². The maximum atomic E-state index is 12.9. The van der Waals surface area contributed by atoms with Crippen molar-refractivity contribution in [2.75, 3.05) is 0 Å². The van der Waals surface area contributed by atoms with Crippen LogP contribution in [0.25, 0.3) is 90.9 Å². The molecule has 5 heterocycles. The van der Waals surface area contributed by atoms with Crippen molar-refractivity contribution in [3.05, 3.63) is 140 Å². The molecule has 72 heavy (non-hydrogen) atoms. The number of aryl methyl sites for hydroxylation is 4. The third-order valence-electron chi connectivity index (χ3n) is 13.4. The van der Waals surface area contributed by atoms with Crippen LogP contribution in [0.5, 0.6) is 0 Å². The SMILES string of the molecule is Cc1ccc(S(=O)(=O)O)c(C)c1-c1c2nc(c(-c3c(C)ccc(S(=O)(=O)O)c3C)c3ccc([nH]3)c(-c3c(C)ccc(S(=O)(=O)O)c3C)c3nc(c(-c4c(C)ccc(S(=O)(=O)O)c4C)c4ccc1[nH]4)C=C3)C=C2. The lowest BCUT2D eigenvalue weighted by molar-refractivity contribution is 0.480. The molecular formula is C52H46N4O12S4. The first-order valence-electron chi connectivity index (χ1n) is 22.1. The molecule has 2 aliphatic heterocycles. The molecule has 8 bridgehead atoms. The highest BCUT2D eigenvalue weighted by Gasteiger charge is 2.28. The smallest absolute Gasteiger partial charge is 0.294 e. The number of hydrogen-bond donors (Lipinski definition) is 6. The van der Waals surface area contributed by atoms with E-state index in [0.29, 0.717) is 112 Å². The third-order valence-corrected chi connectivity index (χ3v) is 17.4. The number of fused-ring (bicyclic) bond motifs is 8. The Morgan fingerprint density at radius 1 is 0.306 bits per heavy atom. The van der Waals surface area contributed by atoms with Crippen LogP contribution in [0.1, 0.15) is 67.3 Å². The van der Waals surface area contributed by atoms with Crippen molar-refractivity contribution in [2.24, 2.45) is 0 Å². The van der Waals surface area contributed by atoms with E-state index in [0.717, 1.165) is 0 Å². The van der Waals surface area contributed by atoms with Crippen LogP contribution in [0, 0.1) is 55.4 Å². The monoisotopic (exact) mass is 1050 g/mol. The molecule has 0 spiro atoms. The molecule has 9 rings (SSSR count). The number of aromatic amines is 2. The Morgan fingerprint density at radius 3 is 0.681 bits per heavy atom. The number of nitrogens with one attached hydrogen (secondary N) is 2. The first kappa shape index (κ1) is 50.1. The summed E-state index contributed by atoms with van der Waals surface area (Å²) in [5.41, 5.74) is 8.97. The minimum Gasteiger partial charge on any atom is -0.354 e. The van der Waals surface area contributed by atoms with E-state index in [1.807, 2.05) is 0 Å². The Bertz CT molecular complexity index is 3760. The molecule has 0 aliphatic carbocycles. The maximum absolute atomic E-state index is 12.9. The summed E-state index contributed by atoms with van der Waals surface area (Å²) in [5, 5.41) is 0. The fourth-order valence-corrected chi connectivity index (χ4v) is 13.1. The summed E-state index contributed by atoms with van der Waals surface area (Å²) < 4.78 is 145. The second kappa shape index (κ2) is 17.4. The van der Waals surface area contributed by atoms with Gasteiger partial charge in [-0.05, 0) is 195 Å². The van der Waals surface area contributed by atoms with Gasteiger partial charge >= 0.3 is 0 Å². The van der Waals surface area contributed by atoms with Gasteiger partial charge in [-0.1, -0.05) is 24.3 Å². The van der Waals surface area contributed by atoms with Crippen LogP contribution in [0.4, 0.5) is 0 Å². The number of nitrogens with zero attached hydrogens (tertiary/aromatic N) is 2. The second-order valence-corrected chi connectivity index (χ2v) is 23.5. The van der Waals surface area contributed by atoms with Crippen molar-refractivity contribution in [3.63, 3.8) is 0 Å². The standard InChI is InChI=1S/C52H46N4O12S4/c1-25-9-21-41(69(57,58)59)29(5)45(25)49-33-13-15-35(53-33)50(46-26(2)10-22-42(30(46)6)70(60,61)62)37-17-19-39(55-37)52(48-28(4)12-24-44(32(48)8)72(66,67)68)40-20-18-38(56-40)51(36-16-14-34(49)54-36)47-27(3)11-23-43(31(47)7)71(63,64)65/h9-24,53,56H,1-8H3,(H,57,58,59)(H,60,61,62)(H,63,64,65)(H,66,67,68). The van der Waals surface area contributed by atoms with E-state index >= 15 is 0 Å². The zero-order chi connectivity index (χ0) is 52.3. The zero-order valence-electron chi connectivity index (χ0n) is 39.8. The average Bonchev–Trinajstić information content (AvgIpc) is 4.11. The number of rotatable bonds is 8. The second-order valence-electron chi connectivity index (χ2n) is 17.9. The van der Waals surface area contributed by atoms with Crippen molar-refractivity contribution in [3.8, 4) is 44.5 Å². The van der Waals surface area contributed by atoms with Gasteiger partial charge in [-0.2, -0.15) is 33.7 Å². The molecule has 0 radical (unpaired) electrons. The van der Waals surface area contributed by atoms with Crippen LogP contribution in [-0.4, -0.2) is 71.8 Å². The van der Waals surface area contributed by atoms with Crippen molar-refractivity contribution < 1.29 is 51.9 Å². The van der Waals surface area contributed by atoms with Gasteiger partial charge in [-0.25, -0.2) is 9.97 Å². The fourth-order valence-electron chi connectivity index (χ4n) is 10.2. The molecule has 0 atom stereocenters. The predicted octanol–water partition coefficient (Wildman–Crippen LogP) is 10.8. The van der Waals surface area contributed by atoms with E-state index in [9.17, 15) is 51.9 Å². The lowest BCUT2D eigenvalue weighted by Gasteiger charge is -2.16. The molecule has 0 unspecified atom stereocenters. The summed E-state index contributed by atoms with van der Waals surface area (Å²) in [4.78, 5) is 16.0. The number of benzene rings is 4. The Kier molecular flexibility index (Phi) is 12.1. The molecule has 0 amide bonds. The van der Waals surface area contributed by atoms with Gasteiger partial charge in [-0.15, -0.1) is 0 Å². The molecule has 20 heteroatoms. The summed E-state index contributed by atoms with van der Waals surface area (Å²) in [6, 6.07) is 18.4. The van der Waals surface area contributed by atoms with E-state index in [-0.39, 0.29) is 41.8 Å². The number of hydrogen-bond acceptors (Lipinski definition) is 10. The van der Waals surface area contributed by atoms with Gasteiger partial charge in [0, 0.05) is 44.3 Å². The molecule has 7 aromatic rings. The summed E-state index contributed by atoms with van der Waals surface area (Å²) in [6.07, 6.45) is 6.81. The number of H-pyrrole nitrogens is 2. The minimum atomic E-state index is -4.76. The van der Waals surface area contributed by atoms with E-state index in [4.69, 9.17) is 9.97 Å². The van der Waals surface area contributed by atoms with Gasteiger partial charge in [0.1, 0.15) is 0 Å². The van der Waals surface area contributed by atoms with Crippen molar-refractivity contribution in [1.29, 1.82) is 0 Å². The van der Waals surface area contributed by atoms with Crippen LogP contribution >= 0.6 is 0 Å². The van der Waals surface area contributed by atoms with E-state index in [2.05, 4.69) is 9.97 Å². The van der Waals surface area contributed by atoms with Gasteiger partial charge < -0.3 is 9.97 Å². The Morgan fingerprint density at radius 2 is 0.500 bits per heavy atom. The largest absolute Gasteiger partial charge is 0.354 e. The quantitative estimate of drug-likeness (QED) is 0.0773. The first-order chi connectivity index (χ1) is 33.6. The summed E-state index contributed by atoms with van der Waals surface area (Å²) in [7, 11) is -19.0. The predicted molar refractivity (Wildman–Crippen MR) is 278 cm³/mol. The molecule has 2 aliphatic rings. The van der Waals surface area contributed by atoms with E-state index < -0.39 is 40.5 Å². The third kappa shape index (κ3) is 8.52. The van der Waals surface area contributed by atoms with Crippen molar-refractivity contribution in [1.82, 2.24) is 19.9 Å². The summed E-state index contributed by atoms with van der Waals surface area (Å²) in [6.45, 7) is 13.3. The minimum absolute atomic E-state index is 0.194. The lowest BCUT2D eigenvalue weighted by atomic mass is 9.94. The van der Waals surface area contributed by atoms with Gasteiger partial charge in [0.25, 0.3) is 40.5 Å². The summed E-state index contributed by atoms with van der Waals surface area (Å²) >= 11 is 0. The molecule has 0 fully saturated rings. The summed E-state index contributed by atoms with van der Waals surface area (Å²) in [5.74, 6) is 0. The van der Waals surface area contributed by atoms with E-state index in [1.165, 1.54) is 24.3 Å². The Hall–Kier alpha value is -6.88. The topological polar surface area (TPSA) is 275 Å². The molecule has 0 saturated carbocycles. The van der Waals surface area contributed by atoms with Gasteiger partial charge in [0.05, 0.1) is 42.4 Å². The normalized spacial score (nSPS) is 13.1. The molecule has 3 aromatic heterocycles.